The monoisotopic (exact) mass is 570 g/mol. The van der Waals surface area contributed by atoms with E-state index in [9.17, 15) is 9.90 Å². The van der Waals surface area contributed by atoms with Crippen molar-refractivity contribution >= 4 is 40.4 Å². The number of rotatable bonds is 8. The Morgan fingerprint density at radius 1 is 1.08 bits per heavy atom. The second-order valence-electron chi connectivity index (χ2n) is 11.1. The molecule has 0 spiro atoms. The normalized spacial score (nSPS) is 21.6. The van der Waals surface area contributed by atoms with Gasteiger partial charge < -0.3 is 14.9 Å². The maximum atomic E-state index is 13.4. The minimum atomic E-state index is -0.572. The third kappa shape index (κ3) is 6.46. The summed E-state index contributed by atoms with van der Waals surface area (Å²) < 4.78 is 0. The molecule has 0 aliphatic carbocycles. The maximum Gasteiger partial charge on any atom is 0.253 e. The molecule has 2 aliphatic rings. The van der Waals surface area contributed by atoms with Gasteiger partial charge >= 0.3 is 0 Å². The van der Waals surface area contributed by atoms with Crippen molar-refractivity contribution in [3.63, 3.8) is 0 Å². The predicted molar refractivity (Wildman–Crippen MR) is 158 cm³/mol. The van der Waals surface area contributed by atoms with Crippen LogP contribution in [0.4, 0.5) is 0 Å². The lowest BCUT2D eigenvalue weighted by Crippen LogP contribution is -2.46. The molecule has 0 saturated carbocycles. The fourth-order valence-corrected chi connectivity index (χ4v) is 7.15. The van der Waals surface area contributed by atoms with Gasteiger partial charge in [0.25, 0.3) is 5.91 Å². The molecular weight excluding hydrogens is 535 g/mol. The van der Waals surface area contributed by atoms with E-state index >= 15 is 0 Å². The first-order chi connectivity index (χ1) is 18.3. The molecule has 3 aromatic rings. The van der Waals surface area contributed by atoms with Crippen LogP contribution in [0.1, 0.15) is 58.6 Å². The molecule has 38 heavy (non-hydrogen) atoms. The summed E-state index contributed by atoms with van der Waals surface area (Å²) >= 11 is 14.0. The predicted octanol–water partition coefficient (Wildman–Crippen LogP) is 7.07. The van der Waals surface area contributed by atoms with E-state index in [4.69, 9.17) is 23.2 Å². The van der Waals surface area contributed by atoms with Crippen molar-refractivity contribution in [3.05, 3.63) is 91.6 Å². The molecule has 2 atom stereocenters. The number of hydrogen-bond donors (Lipinski definition) is 1. The van der Waals surface area contributed by atoms with Crippen molar-refractivity contribution in [1.82, 2.24) is 9.80 Å². The zero-order valence-corrected chi connectivity index (χ0v) is 24.2. The molecule has 2 fully saturated rings. The van der Waals surface area contributed by atoms with Crippen LogP contribution in [0.5, 0.6) is 0 Å². The molecule has 202 valence electrons. The van der Waals surface area contributed by atoms with E-state index in [1.54, 1.807) is 29.5 Å². The Morgan fingerprint density at radius 2 is 1.87 bits per heavy atom. The molecular formula is C31H36Cl2N2O2S. The Labute approximate surface area is 240 Å². The number of nitrogens with zero attached hydrogens (tertiary/aromatic N) is 2. The molecule has 4 nitrogen and oxygen atoms in total. The highest BCUT2D eigenvalue weighted by Gasteiger charge is 2.39. The SMILES string of the molecule is Cc1ccccc1CCCC1(O)CCN(CC2CN(C(=O)c3ccc(Cl)c(Cl)c3)CC2c2ccsc2)CC1. The summed E-state index contributed by atoms with van der Waals surface area (Å²) in [5, 5.41) is 16.5. The van der Waals surface area contributed by atoms with Gasteiger partial charge in [-0.3, -0.25) is 4.79 Å². The summed E-state index contributed by atoms with van der Waals surface area (Å²) in [5.74, 6) is 0.666. The van der Waals surface area contributed by atoms with Crippen LogP contribution < -0.4 is 0 Å². The molecule has 3 heterocycles. The van der Waals surface area contributed by atoms with E-state index in [1.165, 1.54) is 16.7 Å². The van der Waals surface area contributed by atoms with Gasteiger partial charge in [0.1, 0.15) is 0 Å². The Hall–Kier alpha value is -1.89. The van der Waals surface area contributed by atoms with E-state index in [-0.39, 0.29) is 5.91 Å². The quantitative estimate of drug-likeness (QED) is 0.315. The largest absolute Gasteiger partial charge is 0.390 e. The van der Waals surface area contributed by atoms with Gasteiger partial charge in [-0.1, -0.05) is 47.5 Å². The molecule has 1 N–H and O–H groups in total. The molecule has 1 aromatic heterocycles. The van der Waals surface area contributed by atoms with Gasteiger partial charge in [-0.15, -0.1) is 0 Å². The number of aliphatic hydroxyl groups is 1. The molecule has 0 bridgehead atoms. The highest BCUT2D eigenvalue weighted by Crippen LogP contribution is 2.37. The highest BCUT2D eigenvalue weighted by molar-refractivity contribution is 7.08. The Morgan fingerprint density at radius 3 is 2.58 bits per heavy atom. The third-order valence-corrected chi connectivity index (χ3v) is 9.94. The molecule has 1 amide bonds. The number of carbonyl (C=O) groups excluding carboxylic acids is 1. The molecule has 5 rings (SSSR count). The Bertz CT molecular complexity index is 1240. The maximum absolute atomic E-state index is 13.4. The Balaban J connectivity index is 1.18. The van der Waals surface area contributed by atoms with Gasteiger partial charge in [-0.05, 0) is 96.7 Å². The standard InChI is InChI=1S/C31H36Cl2N2O2S/c1-22-5-2-3-6-23(22)7-4-11-31(37)12-14-34(15-13-31)18-26-19-35(20-27(26)25-10-16-38-21-25)30(36)24-8-9-28(32)29(33)17-24/h2-3,5-6,8-10,16-17,21,26-27,37H,4,7,11-15,18-20H2,1H3. The van der Waals surface area contributed by atoms with E-state index in [1.807, 2.05) is 4.90 Å². The van der Waals surface area contributed by atoms with Crippen LogP contribution in [0.25, 0.3) is 0 Å². The topological polar surface area (TPSA) is 43.8 Å². The second kappa shape index (κ2) is 12.1. The number of likely N-dealkylation sites (tertiary alicyclic amines) is 2. The lowest BCUT2D eigenvalue weighted by Gasteiger charge is -2.39. The fourth-order valence-electron chi connectivity index (χ4n) is 6.13. The number of aryl methyl sites for hydroxylation is 2. The van der Waals surface area contributed by atoms with Gasteiger partial charge in [-0.25, -0.2) is 0 Å². The summed E-state index contributed by atoms with van der Waals surface area (Å²) in [4.78, 5) is 17.8. The summed E-state index contributed by atoms with van der Waals surface area (Å²) in [6.45, 7) is 6.32. The van der Waals surface area contributed by atoms with Crippen molar-refractivity contribution in [2.75, 3.05) is 32.7 Å². The summed E-state index contributed by atoms with van der Waals surface area (Å²) in [6, 6.07) is 15.9. The minimum Gasteiger partial charge on any atom is -0.390 e. The lowest BCUT2D eigenvalue weighted by atomic mass is 9.84. The van der Waals surface area contributed by atoms with Gasteiger partial charge in [0.2, 0.25) is 0 Å². The van der Waals surface area contributed by atoms with Crippen molar-refractivity contribution in [2.45, 2.75) is 50.5 Å². The van der Waals surface area contributed by atoms with Gasteiger partial charge in [0.05, 0.1) is 15.6 Å². The first-order valence-corrected chi connectivity index (χ1v) is 15.3. The van der Waals surface area contributed by atoms with Crippen molar-refractivity contribution in [3.8, 4) is 0 Å². The molecule has 2 aromatic carbocycles. The number of amides is 1. The van der Waals surface area contributed by atoms with Crippen LogP contribution in [0.3, 0.4) is 0 Å². The summed E-state index contributed by atoms with van der Waals surface area (Å²) in [7, 11) is 0. The number of halogens is 2. The van der Waals surface area contributed by atoms with Crippen molar-refractivity contribution < 1.29 is 9.90 Å². The van der Waals surface area contributed by atoms with Crippen LogP contribution in [0, 0.1) is 12.8 Å². The van der Waals surface area contributed by atoms with Crippen LogP contribution in [0.15, 0.2) is 59.3 Å². The van der Waals surface area contributed by atoms with E-state index in [0.29, 0.717) is 34.0 Å². The average Bonchev–Trinajstić information content (AvgIpc) is 3.58. The number of piperidine rings is 1. The molecule has 2 unspecified atom stereocenters. The highest BCUT2D eigenvalue weighted by atomic mass is 35.5. The molecule has 0 radical (unpaired) electrons. The Kier molecular flexibility index (Phi) is 8.81. The van der Waals surface area contributed by atoms with Crippen LogP contribution in [-0.4, -0.2) is 59.1 Å². The number of thiophene rings is 1. The molecule has 2 saturated heterocycles. The van der Waals surface area contributed by atoms with Crippen LogP contribution in [-0.2, 0) is 6.42 Å². The van der Waals surface area contributed by atoms with Gasteiger partial charge in [0.15, 0.2) is 0 Å². The number of benzene rings is 2. The van der Waals surface area contributed by atoms with E-state index in [2.05, 4.69) is 52.9 Å². The van der Waals surface area contributed by atoms with Crippen molar-refractivity contribution in [1.29, 1.82) is 0 Å². The van der Waals surface area contributed by atoms with Crippen LogP contribution in [0.2, 0.25) is 10.0 Å². The second-order valence-corrected chi connectivity index (χ2v) is 12.7. The zero-order valence-electron chi connectivity index (χ0n) is 21.9. The van der Waals surface area contributed by atoms with Gasteiger partial charge in [-0.2, -0.15) is 11.3 Å². The third-order valence-electron chi connectivity index (χ3n) is 8.50. The van der Waals surface area contributed by atoms with E-state index < -0.39 is 5.60 Å². The minimum absolute atomic E-state index is 0.00738. The molecule has 7 heteroatoms. The summed E-state index contributed by atoms with van der Waals surface area (Å²) in [5.41, 5.74) is 4.04. The smallest absolute Gasteiger partial charge is 0.253 e. The van der Waals surface area contributed by atoms with E-state index in [0.717, 1.165) is 58.3 Å². The first kappa shape index (κ1) is 27.7. The summed E-state index contributed by atoms with van der Waals surface area (Å²) in [6.07, 6.45) is 4.49. The van der Waals surface area contributed by atoms with Crippen LogP contribution >= 0.6 is 34.5 Å². The van der Waals surface area contributed by atoms with Gasteiger partial charge in [0, 0.05) is 44.2 Å². The first-order valence-electron chi connectivity index (χ1n) is 13.6. The zero-order chi connectivity index (χ0) is 26.7. The average molecular weight is 572 g/mol. The number of carbonyl (C=O) groups is 1. The number of hydrogen-bond acceptors (Lipinski definition) is 4. The lowest BCUT2D eigenvalue weighted by molar-refractivity contribution is -0.0315. The fraction of sp³-hybridized carbons (Fsp3) is 0.452. The molecule has 2 aliphatic heterocycles. The van der Waals surface area contributed by atoms with Crippen molar-refractivity contribution in [2.24, 2.45) is 5.92 Å².